The van der Waals surface area contributed by atoms with E-state index in [9.17, 15) is 14.5 Å². The number of nitrogens with zero attached hydrogens (tertiary/aromatic N) is 2. The van der Waals surface area contributed by atoms with Crippen molar-refractivity contribution in [1.29, 1.82) is 0 Å². The van der Waals surface area contributed by atoms with Crippen molar-refractivity contribution >= 4 is 5.69 Å². The second kappa shape index (κ2) is 5.87. The summed E-state index contributed by atoms with van der Waals surface area (Å²) in [6.07, 6.45) is 1.18. The van der Waals surface area contributed by atoms with Crippen LogP contribution in [0.2, 0.25) is 0 Å². The van der Waals surface area contributed by atoms with Crippen LogP contribution >= 0.6 is 0 Å². The van der Waals surface area contributed by atoms with Crippen molar-refractivity contribution in [3.8, 4) is 0 Å². The van der Waals surface area contributed by atoms with E-state index in [-0.39, 0.29) is 0 Å². The molecule has 1 aliphatic rings. The second-order valence-electron chi connectivity index (χ2n) is 6.00. The molecule has 20 heavy (non-hydrogen) atoms. The Labute approximate surface area is 118 Å². The van der Waals surface area contributed by atoms with Gasteiger partial charge in [-0.2, -0.15) is 4.39 Å². The summed E-state index contributed by atoms with van der Waals surface area (Å²) < 4.78 is 14.1. The summed E-state index contributed by atoms with van der Waals surface area (Å²) in [5.74, 6) is 0.430. The molecular weight excluding hydrogens is 259 g/mol. The van der Waals surface area contributed by atoms with E-state index in [1.807, 2.05) is 0 Å². The molecule has 4 nitrogen and oxygen atoms in total. The fraction of sp³-hybridized carbons (Fsp3) is 0.600. The average molecular weight is 280 g/mol. The molecule has 1 fully saturated rings. The summed E-state index contributed by atoms with van der Waals surface area (Å²) in [6, 6.07) is 4.77. The van der Waals surface area contributed by atoms with Crippen LogP contribution in [0.15, 0.2) is 18.2 Å². The zero-order valence-corrected chi connectivity index (χ0v) is 12.2. The first kappa shape index (κ1) is 14.9. The molecule has 1 aromatic carbocycles. The molecule has 1 saturated heterocycles. The van der Waals surface area contributed by atoms with Crippen molar-refractivity contribution in [3.05, 3.63) is 39.7 Å². The van der Waals surface area contributed by atoms with Gasteiger partial charge >= 0.3 is 5.69 Å². The van der Waals surface area contributed by atoms with Gasteiger partial charge in [-0.25, -0.2) is 0 Å². The predicted molar refractivity (Wildman–Crippen MR) is 75.9 cm³/mol. The van der Waals surface area contributed by atoms with Crippen LogP contribution in [0.4, 0.5) is 10.1 Å². The molecule has 0 amide bonds. The van der Waals surface area contributed by atoms with Gasteiger partial charge in [0.1, 0.15) is 0 Å². The predicted octanol–water partition coefficient (Wildman–Crippen LogP) is 3.60. The maximum atomic E-state index is 14.1. The monoisotopic (exact) mass is 280 g/mol. The van der Waals surface area contributed by atoms with E-state index in [0.29, 0.717) is 30.0 Å². The Morgan fingerprint density at radius 1 is 1.40 bits per heavy atom. The number of benzene rings is 1. The molecule has 110 valence electrons. The normalized spacial score (nSPS) is 27.5. The Balaban J connectivity index is 2.21. The van der Waals surface area contributed by atoms with Gasteiger partial charge in [0, 0.05) is 30.8 Å². The first-order chi connectivity index (χ1) is 9.40. The maximum Gasteiger partial charge on any atom is 0.305 e. The fourth-order valence-electron chi connectivity index (χ4n) is 3.09. The Bertz CT molecular complexity index is 507. The number of rotatable bonds is 3. The molecule has 1 heterocycles. The van der Waals surface area contributed by atoms with E-state index in [1.165, 1.54) is 12.5 Å². The topological polar surface area (TPSA) is 46.4 Å². The lowest BCUT2D eigenvalue weighted by atomic mass is 9.86. The van der Waals surface area contributed by atoms with Gasteiger partial charge in [-0.15, -0.1) is 0 Å². The van der Waals surface area contributed by atoms with Gasteiger partial charge in [-0.1, -0.05) is 26.0 Å². The van der Waals surface area contributed by atoms with E-state index in [1.54, 1.807) is 12.1 Å². The Morgan fingerprint density at radius 3 is 2.75 bits per heavy atom. The van der Waals surface area contributed by atoms with Crippen molar-refractivity contribution in [2.24, 2.45) is 11.8 Å². The first-order valence-corrected chi connectivity index (χ1v) is 7.06. The van der Waals surface area contributed by atoms with E-state index in [4.69, 9.17) is 0 Å². The maximum absolute atomic E-state index is 14.1. The smallest absolute Gasteiger partial charge is 0.296 e. The lowest BCUT2D eigenvalue weighted by Gasteiger charge is -2.41. The minimum atomic E-state index is -0.699. The minimum Gasteiger partial charge on any atom is -0.296 e. The highest BCUT2D eigenvalue weighted by Crippen LogP contribution is 2.29. The van der Waals surface area contributed by atoms with Crippen LogP contribution in [-0.2, 0) is 6.54 Å². The quantitative estimate of drug-likeness (QED) is 0.627. The third-order valence-corrected chi connectivity index (χ3v) is 4.35. The van der Waals surface area contributed by atoms with Crippen LogP contribution in [0, 0.1) is 27.8 Å². The van der Waals surface area contributed by atoms with Gasteiger partial charge in [-0.05, 0) is 25.2 Å². The molecule has 0 saturated carbocycles. The van der Waals surface area contributed by atoms with Crippen LogP contribution in [-0.4, -0.2) is 22.4 Å². The standard InChI is InChI=1S/C15H21FN2O2/c1-10-7-11(2)12(3)17(8-10)9-13-5-4-6-14(15(13)16)18(19)20/h4-6,10-12H,7-9H2,1-3H3. The van der Waals surface area contributed by atoms with Gasteiger partial charge in [0.25, 0.3) is 0 Å². The number of likely N-dealkylation sites (tertiary alicyclic amines) is 1. The number of nitro groups is 1. The largest absolute Gasteiger partial charge is 0.305 e. The van der Waals surface area contributed by atoms with Crippen LogP contribution < -0.4 is 0 Å². The molecule has 1 aliphatic heterocycles. The summed E-state index contributed by atoms with van der Waals surface area (Å²) in [5.41, 5.74) is -0.0272. The zero-order chi connectivity index (χ0) is 14.9. The van der Waals surface area contributed by atoms with Crippen LogP contribution in [0.3, 0.4) is 0 Å². The minimum absolute atomic E-state index is 0.366. The fourth-order valence-corrected chi connectivity index (χ4v) is 3.09. The molecule has 1 aromatic rings. The molecule has 0 bridgehead atoms. The van der Waals surface area contributed by atoms with E-state index < -0.39 is 16.4 Å². The highest BCUT2D eigenvalue weighted by atomic mass is 19.1. The number of hydrogen-bond acceptors (Lipinski definition) is 3. The summed E-state index contributed by atoms with van der Waals surface area (Å²) in [4.78, 5) is 12.3. The average Bonchev–Trinajstić information content (AvgIpc) is 2.37. The molecule has 0 aliphatic carbocycles. The number of hydrogen-bond donors (Lipinski definition) is 0. The van der Waals surface area contributed by atoms with Gasteiger partial charge in [0.2, 0.25) is 5.82 Å². The Morgan fingerprint density at radius 2 is 2.10 bits per heavy atom. The third-order valence-electron chi connectivity index (χ3n) is 4.35. The summed E-state index contributed by atoms with van der Waals surface area (Å²) in [6.45, 7) is 7.89. The lowest BCUT2D eigenvalue weighted by molar-refractivity contribution is -0.387. The molecule has 3 atom stereocenters. The van der Waals surface area contributed by atoms with E-state index >= 15 is 0 Å². The molecule has 0 aromatic heterocycles. The molecule has 0 spiro atoms. The highest BCUT2D eigenvalue weighted by Gasteiger charge is 2.30. The summed E-state index contributed by atoms with van der Waals surface area (Å²) >= 11 is 0. The Hall–Kier alpha value is -1.49. The van der Waals surface area contributed by atoms with E-state index in [2.05, 4.69) is 25.7 Å². The summed E-state index contributed by atoms with van der Waals surface area (Å²) in [5, 5.41) is 10.8. The van der Waals surface area contributed by atoms with Crippen molar-refractivity contribution in [1.82, 2.24) is 4.90 Å². The third kappa shape index (κ3) is 2.98. The first-order valence-electron chi connectivity index (χ1n) is 7.06. The van der Waals surface area contributed by atoms with Crippen LogP contribution in [0.5, 0.6) is 0 Å². The molecule has 3 unspecified atom stereocenters. The van der Waals surface area contributed by atoms with Crippen LogP contribution in [0.25, 0.3) is 0 Å². The number of halogens is 1. The van der Waals surface area contributed by atoms with E-state index in [0.717, 1.165) is 6.54 Å². The molecule has 0 radical (unpaired) electrons. The lowest BCUT2D eigenvalue weighted by Crippen LogP contribution is -2.45. The zero-order valence-electron chi connectivity index (χ0n) is 12.2. The molecular formula is C15H21FN2O2. The van der Waals surface area contributed by atoms with Crippen molar-refractivity contribution in [2.45, 2.75) is 39.8 Å². The SMILES string of the molecule is CC1CC(C)C(C)N(Cc2cccc([N+](=O)[O-])c2F)C1. The van der Waals surface area contributed by atoms with Crippen molar-refractivity contribution in [2.75, 3.05) is 6.54 Å². The number of piperidine rings is 1. The van der Waals surface area contributed by atoms with Crippen LogP contribution in [0.1, 0.15) is 32.8 Å². The van der Waals surface area contributed by atoms with Gasteiger partial charge < -0.3 is 0 Å². The van der Waals surface area contributed by atoms with Crippen molar-refractivity contribution in [3.63, 3.8) is 0 Å². The Kier molecular flexibility index (Phi) is 4.38. The van der Waals surface area contributed by atoms with Crippen molar-refractivity contribution < 1.29 is 9.31 Å². The van der Waals surface area contributed by atoms with Gasteiger partial charge in [-0.3, -0.25) is 15.0 Å². The summed E-state index contributed by atoms with van der Waals surface area (Å²) in [7, 11) is 0. The highest BCUT2D eigenvalue weighted by molar-refractivity contribution is 5.36. The molecule has 0 N–H and O–H groups in total. The van der Waals surface area contributed by atoms with Gasteiger partial charge in [0.05, 0.1) is 4.92 Å². The molecule has 5 heteroatoms. The number of nitro benzene ring substituents is 1. The second-order valence-corrected chi connectivity index (χ2v) is 6.00. The molecule has 2 rings (SSSR count). The van der Waals surface area contributed by atoms with Gasteiger partial charge in [0.15, 0.2) is 0 Å².